The first-order valence-corrected chi connectivity index (χ1v) is 7.86. The molecule has 0 bridgehead atoms. The summed E-state index contributed by atoms with van der Waals surface area (Å²) in [5.74, 6) is -0.952. The molecule has 0 aromatic heterocycles. The van der Waals surface area contributed by atoms with Gasteiger partial charge in [-0.2, -0.15) is 0 Å². The van der Waals surface area contributed by atoms with Gasteiger partial charge in [-0.15, -0.1) is 0 Å². The second kappa shape index (κ2) is 7.92. The Morgan fingerprint density at radius 3 is 2.58 bits per heavy atom. The van der Waals surface area contributed by atoms with E-state index in [1.165, 1.54) is 7.11 Å². The number of methoxy groups -OCH3 is 1. The molecule has 0 aliphatic carbocycles. The minimum atomic E-state index is -0.684. The van der Waals surface area contributed by atoms with Crippen LogP contribution in [0.2, 0.25) is 0 Å². The van der Waals surface area contributed by atoms with Crippen LogP contribution in [0.15, 0.2) is 18.2 Å². The molecule has 2 amide bonds. The molecule has 0 saturated carbocycles. The van der Waals surface area contributed by atoms with E-state index in [9.17, 15) is 14.4 Å². The Morgan fingerprint density at radius 1 is 1.29 bits per heavy atom. The minimum Gasteiger partial charge on any atom is -0.469 e. The smallest absolute Gasteiger partial charge is 0.307 e. The SMILES string of the molecule is COC(=O)C[C@H]1C(=O)NCCN1CC(=O)Nc1cc(C)cc(C)c1. The summed E-state index contributed by atoms with van der Waals surface area (Å²) in [6, 6.07) is 5.12. The van der Waals surface area contributed by atoms with Crippen molar-refractivity contribution in [1.29, 1.82) is 0 Å². The second-order valence-corrected chi connectivity index (χ2v) is 5.98. The van der Waals surface area contributed by atoms with Crippen molar-refractivity contribution in [2.24, 2.45) is 0 Å². The van der Waals surface area contributed by atoms with Gasteiger partial charge >= 0.3 is 5.97 Å². The molecule has 1 atom stereocenters. The fourth-order valence-corrected chi connectivity index (χ4v) is 2.85. The van der Waals surface area contributed by atoms with Gasteiger partial charge in [-0.3, -0.25) is 19.3 Å². The van der Waals surface area contributed by atoms with Crippen molar-refractivity contribution in [3.8, 4) is 0 Å². The van der Waals surface area contributed by atoms with Crippen LogP contribution in [0, 0.1) is 13.8 Å². The topological polar surface area (TPSA) is 87.7 Å². The molecule has 1 aromatic carbocycles. The molecule has 1 aliphatic rings. The Bertz CT molecular complexity index is 624. The summed E-state index contributed by atoms with van der Waals surface area (Å²) < 4.78 is 4.63. The molecule has 130 valence electrons. The van der Waals surface area contributed by atoms with E-state index in [2.05, 4.69) is 15.4 Å². The highest BCUT2D eigenvalue weighted by Gasteiger charge is 2.33. The Hall–Kier alpha value is -2.41. The second-order valence-electron chi connectivity index (χ2n) is 5.98. The largest absolute Gasteiger partial charge is 0.469 e. The average Bonchev–Trinajstić information content (AvgIpc) is 2.49. The van der Waals surface area contributed by atoms with Crippen LogP contribution >= 0.6 is 0 Å². The number of nitrogens with zero attached hydrogens (tertiary/aromatic N) is 1. The number of esters is 1. The predicted octanol–water partition coefficient (Wildman–Crippen LogP) is 0.605. The summed E-state index contributed by atoms with van der Waals surface area (Å²) >= 11 is 0. The van der Waals surface area contributed by atoms with Gasteiger partial charge in [0, 0.05) is 18.8 Å². The number of carbonyl (C=O) groups excluding carboxylic acids is 3. The van der Waals surface area contributed by atoms with Crippen LogP contribution in [0.1, 0.15) is 17.5 Å². The van der Waals surface area contributed by atoms with Crippen LogP contribution in [0.5, 0.6) is 0 Å². The number of amides is 2. The Labute approximate surface area is 141 Å². The van der Waals surface area contributed by atoms with Gasteiger partial charge in [-0.1, -0.05) is 6.07 Å². The summed E-state index contributed by atoms with van der Waals surface area (Å²) in [7, 11) is 1.28. The maximum absolute atomic E-state index is 12.3. The maximum atomic E-state index is 12.3. The van der Waals surface area contributed by atoms with Crippen LogP contribution in [0.25, 0.3) is 0 Å². The number of carbonyl (C=O) groups is 3. The standard InChI is InChI=1S/C17H23N3O4/c1-11-6-12(2)8-13(7-11)19-15(21)10-20-5-4-18-17(23)14(20)9-16(22)24-3/h6-8,14H,4-5,9-10H2,1-3H3,(H,18,23)(H,19,21)/t14-/m0/s1. The van der Waals surface area contributed by atoms with Crippen LogP contribution in [0.3, 0.4) is 0 Å². The van der Waals surface area contributed by atoms with E-state index in [4.69, 9.17) is 0 Å². The summed E-state index contributed by atoms with van der Waals surface area (Å²) in [5.41, 5.74) is 2.85. The molecule has 7 nitrogen and oxygen atoms in total. The van der Waals surface area contributed by atoms with E-state index >= 15 is 0 Å². The third-order valence-corrected chi connectivity index (χ3v) is 3.88. The zero-order chi connectivity index (χ0) is 17.7. The maximum Gasteiger partial charge on any atom is 0.307 e. The molecule has 0 spiro atoms. The number of anilines is 1. The van der Waals surface area contributed by atoms with Gasteiger partial charge in [0.2, 0.25) is 11.8 Å². The van der Waals surface area contributed by atoms with Gasteiger partial charge < -0.3 is 15.4 Å². The molecule has 24 heavy (non-hydrogen) atoms. The van der Waals surface area contributed by atoms with E-state index in [0.29, 0.717) is 13.1 Å². The van der Waals surface area contributed by atoms with Crippen molar-refractivity contribution in [2.75, 3.05) is 32.1 Å². The van der Waals surface area contributed by atoms with Crippen LogP contribution in [-0.2, 0) is 19.1 Å². The molecular weight excluding hydrogens is 310 g/mol. The van der Waals surface area contributed by atoms with Gasteiger partial charge in [0.15, 0.2) is 0 Å². The van der Waals surface area contributed by atoms with E-state index in [1.54, 1.807) is 4.90 Å². The molecule has 0 unspecified atom stereocenters. The Kier molecular flexibility index (Phi) is 5.92. The van der Waals surface area contributed by atoms with Crippen LogP contribution in [0.4, 0.5) is 5.69 Å². The first-order chi connectivity index (χ1) is 11.4. The fraction of sp³-hybridized carbons (Fsp3) is 0.471. The zero-order valence-electron chi connectivity index (χ0n) is 14.2. The number of nitrogens with one attached hydrogen (secondary N) is 2. The number of piperazine rings is 1. The van der Waals surface area contributed by atoms with Gasteiger partial charge in [-0.25, -0.2) is 0 Å². The Balaban J connectivity index is 2.02. The lowest BCUT2D eigenvalue weighted by atomic mass is 10.1. The molecule has 1 saturated heterocycles. The van der Waals surface area contributed by atoms with Gasteiger partial charge in [0.1, 0.15) is 6.04 Å². The molecule has 7 heteroatoms. The minimum absolute atomic E-state index is 0.0437. The van der Waals surface area contributed by atoms with E-state index in [1.807, 2.05) is 32.0 Å². The molecule has 1 heterocycles. The van der Waals surface area contributed by atoms with Crippen molar-refractivity contribution in [2.45, 2.75) is 26.3 Å². The molecule has 1 aromatic rings. The summed E-state index contributed by atoms with van der Waals surface area (Å²) in [5, 5.41) is 5.55. The fourth-order valence-electron chi connectivity index (χ4n) is 2.85. The third-order valence-electron chi connectivity index (χ3n) is 3.88. The number of hydrogen-bond donors (Lipinski definition) is 2. The summed E-state index contributed by atoms with van der Waals surface area (Å²) in [6.45, 7) is 4.93. The van der Waals surface area contributed by atoms with Crippen molar-refractivity contribution in [3.05, 3.63) is 29.3 Å². The number of ether oxygens (including phenoxy) is 1. The predicted molar refractivity (Wildman–Crippen MR) is 89.5 cm³/mol. The average molecular weight is 333 g/mol. The monoisotopic (exact) mass is 333 g/mol. The van der Waals surface area contributed by atoms with Crippen molar-refractivity contribution in [1.82, 2.24) is 10.2 Å². The van der Waals surface area contributed by atoms with Crippen molar-refractivity contribution < 1.29 is 19.1 Å². The molecular formula is C17H23N3O4. The lowest BCUT2D eigenvalue weighted by Gasteiger charge is -2.33. The molecule has 0 radical (unpaired) electrons. The van der Waals surface area contributed by atoms with Crippen molar-refractivity contribution in [3.63, 3.8) is 0 Å². The summed E-state index contributed by atoms with van der Waals surface area (Å²) in [4.78, 5) is 37.5. The number of hydrogen-bond acceptors (Lipinski definition) is 5. The molecule has 2 N–H and O–H groups in total. The number of aryl methyl sites for hydroxylation is 2. The third kappa shape index (κ3) is 4.79. The quantitative estimate of drug-likeness (QED) is 0.771. The zero-order valence-corrected chi connectivity index (χ0v) is 14.2. The van der Waals surface area contributed by atoms with Crippen LogP contribution < -0.4 is 10.6 Å². The van der Waals surface area contributed by atoms with Gasteiger partial charge in [-0.05, 0) is 37.1 Å². The lowest BCUT2D eigenvalue weighted by molar-refractivity contribution is -0.146. The number of rotatable bonds is 5. The highest BCUT2D eigenvalue weighted by Crippen LogP contribution is 2.15. The van der Waals surface area contributed by atoms with Gasteiger partial charge in [0.05, 0.1) is 20.1 Å². The van der Waals surface area contributed by atoms with E-state index < -0.39 is 12.0 Å². The Morgan fingerprint density at radius 2 is 1.96 bits per heavy atom. The highest BCUT2D eigenvalue weighted by atomic mass is 16.5. The summed E-state index contributed by atoms with van der Waals surface area (Å²) in [6.07, 6.45) is -0.0703. The van der Waals surface area contributed by atoms with E-state index in [-0.39, 0.29) is 24.8 Å². The van der Waals surface area contributed by atoms with E-state index in [0.717, 1.165) is 16.8 Å². The van der Waals surface area contributed by atoms with Gasteiger partial charge in [0.25, 0.3) is 0 Å². The first-order valence-electron chi connectivity index (χ1n) is 7.86. The molecule has 1 fully saturated rings. The lowest BCUT2D eigenvalue weighted by Crippen LogP contribution is -2.57. The first kappa shape index (κ1) is 17.9. The number of benzene rings is 1. The van der Waals surface area contributed by atoms with Crippen molar-refractivity contribution >= 4 is 23.5 Å². The normalized spacial score (nSPS) is 18.0. The molecule has 1 aliphatic heterocycles. The van der Waals surface area contributed by atoms with Crippen LogP contribution in [-0.4, -0.2) is 55.5 Å². The molecule has 2 rings (SSSR count). The highest BCUT2D eigenvalue weighted by molar-refractivity contribution is 5.93.